The molecule has 26 heavy (non-hydrogen) atoms. The first-order chi connectivity index (χ1) is 12.4. The van der Waals surface area contributed by atoms with Crippen LogP contribution in [-0.2, 0) is 9.84 Å². The molecule has 142 valence electrons. The average molecular weight is 378 g/mol. The summed E-state index contributed by atoms with van der Waals surface area (Å²) in [6.07, 6.45) is 5.97. The number of hydrogen-bond donors (Lipinski definition) is 1. The first kappa shape index (κ1) is 18.9. The lowest BCUT2D eigenvalue weighted by atomic mass is 9.95. The molecule has 0 bridgehead atoms. The summed E-state index contributed by atoms with van der Waals surface area (Å²) in [5, 5.41) is 3.05. The van der Waals surface area contributed by atoms with Crippen molar-refractivity contribution in [2.24, 2.45) is 0 Å². The van der Waals surface area contributed by atoms with Crippen molar-refractivity contribution >= 4 is 21.7 Å². The molecule has 2 amide bonds. The first-order valence-electron chi connectivity index (χ1n) is 9.24. The highest BCUT2D eigenvalue weighted by Crippen LogP contribution is 2.20. The van der Waals surface area contributed by atoms with Crippen LogP contribution in [0.5, 0.6) is 0 Å². The number of nitrogens with one attached hydrogen (secondary N) is 1. The molecule has 1 aromatic carbocycles. The second-order valence-corrected chi connectivity index (χ2v) is 9.59. The summed E-state index contributed by atoms with van der Waals surface area (Å²) in [6, 6.07) is 6.58. The molecule has 7 heteroatoms. The van der Waals surface area contributed by atoms with E-state index in [1.165, 1.54) is 11.3 Å². The Balaban J connectivity index is 1.68. The van der Waals surface area contributed by atoms with Crippen molar-refractivity contribution in [1.82, 2.24) is 10.2 Å². The van der Waals surface area contributed by atoms with Crippen LogP contribution in [0.1, 0.15) is 59.2 Å². The maximum atomic E-state index is 12.7. The fraction of sp³-hybridized carbons (Fsp3) is 0.579. The third-order valence-electron chi connectivity index (χ3n) is 5.39. The largest absolute Gasteiger partial charge is 0.349 e. The van der Waals surface area contributed by atoms with Gasteiger partial charge in [-0.25, -0.2) is 8.42 Å². The molecular weight excluding hydrogens is 352 g/mol. The van der Waals surface area contributed by atoms with Crippen molar-refractivity contribution in [3.63, 3.8) is 0 Å². The molecule has 0 radical (unpaired) electrons. The molecule has 1 saturated heterocycles. The van der Waals surface area contributed by atoms with Crippen molar-refractivity contribution in [2.75, 3.05) is 18.6 Å². The zero-order valence-corrected chi connectivity index (χ0v) is 15.9. The normalized spacial score (nSPS) is 22.7. The van der Waals surface area contributed by atoms with E-state index < -0.39 is 9.84 Å². The molecule has 1 aromatic rings. The van der Waals surface area contributed by atoms with Gasteiger partial charge in [0, 0.05) is 30.3 Å². The zero-order valence-electron chi connectivity index (χ0n) is 15.1. The number of sulfone groups is 1. The van der Waals surface area contributed by atoms with Crippen molar-refractivity contribution in [2.45, 2.75) is 50.6 Å². The maximum Gasteiger partial charge on any atom is 0.253 e. The summed E-state index contributed by atoms with van der Waals surface area (Å²) in [7, 11) is -1.42. The van der Waals surface area contributed by atoms with E-state index in [9.17, 15) is 18.0 Å². The van der Waals surface area contributed by atoms with Crippen LogP contribution in [0.2, 0.25) is 0 Å². The summed E-state index contributed by atoms with van der Waals surface area (Å²) >= 11 is 0. The SMILES string of the molecule is CN(C(=O)c1cccc(C(=O)NC2CCCCC2)c1)C1CCS(=O)(=O)C1. The minimum atomic E-state index is -3.05. The van der Waals surface area contributed by atoms with Crippen LogP contribution in [0.3, 0.4) is 0 Å². The molecule has 6 nitrogen and oxygen atoms in total. The minimum absolute atomic E-state index is 0.0110. The molecule has 1 unspecified atom stereocenters. The molecular formula is C19H26N2O4S. The fourth-order valence-corrected chi connectivity index (χ4v) is 5.53. The monoisotopic (exact) mass is 378 g/mol. The van der Waals surface area contributed by atoms with Gasteiger partial charge in [-0.05, 0) is 37.5 Å². The number of amides is 2. The van der Waals surface area contributed by atoms with Crippen LogP contribution in [0.15, 0.2) is 24.3 Å². The summed E-state index contributed by atoms with van der Waals surface area (Å²) < 4.78 is 23.3. The topological polar surface area (TPSA) is 83.6 Å². The van der Waals surface area contributed by atoms with Crippen LogP contribution in [0, 0.1) is 0 Å². The van der Waals surface area contributed by atoms with Crippen molar-refractivity contribution < 1.29 is 18.0 Å². The zero-order chi connectivity index (χ0) is 18.7. The predicted octanol–water partition coefficient (Wildman–Crippen LogP) is 2.01. The van der Waals surface area contributed by atoms with Gasteiger partial charge in [-0.15, -0.1) is 0 Å². The van der Waals surface area contributed by atoms with E-state index in [4.69, 9.17) is 0 Å². The summed E-state index contributed by atoms with van der Waals surface area (Å²) in [4.78, 5) is 26.7. The highest BCUT2D eigenvalue weighted by molar-refractivity contribution is 7.91. The molecule has 0 spiro atoms. The standard InChI is InChI=1S/C19H26N2O4S/c1-21(17-10-11-26(24,25)13-17)19(23)15-7-5-6-14(12-15)18(22)20-16-8-3-2-4-9-16/h5-7,12,16-17H,2-4,8-11,13H2,1H3,(H,20,22). The summed E-state index contributed by atoms with van der Waals surface area (Å²) in [6.45, 7) is 0. The van der Waals surface area contributed by atoms with E-state index in [-0.39, 0.29) is 35.4 Å². The van der Waals surface area contributed by atoms with Gasteiger partial charge in [0.15, 0.2) is 9.84 Å². The van der Waals surface area contributed by atoms with E-state index >= 15 is 0 Å². The lowest BCUT2D eigenvalue weighted by Gasteiger charge is -2.24. The average Bonchev–Trinajstić information content (AvgIpc) is 3.01. The van der Waals surface area contributed by atoms with Gasteiger partial charge in [0.2, 0.25) is 0 Å². The van der Waals surface area contributed by atoms with E-state index in [0.717, 1.165) is 25.7 Å². The fourth-order valence-electron chi connectivity index (χ4n) is 3.76. The Morgan fingerprint density at radius 3 is 2.42 bits per heavy atom. The van der Waals surface area contributed by atoms with Crippen LogP contribution in [0.4, 0.5) is 0 Å². The van der Waals surface area contributed by atoms with Crippen LogP contribution < -0.4 is 5.32 Å². The lowest BCUT2D eigenvalue weighted by Crippen LogP contribution is -2.38. The van der Waals surface area contributed by atoms with Gasteiger partial charge < -0.3 is 10.2 Å². The number of rotatable bonds is 4. The summed E-state index contributed by atoms with van der Waals surface area (Å²) in [5.74, 6) is -0.270. The second kappa shape index (κ2) is 7.78. The van der Waals surface area contributed by atoms with Gasteiger partial charge in [-0.1, -0.05) is 25.3 Å². The second-order valence-electron chi connectivity index (χ2n) is 7.36. The highest BCUT2D eigenvalue weighted by Gasteiger charge is 2.33. The van der Waals surface area contributed by atoms with Gasteiger partial charge >= 0.3 is 0 Å². The highest BCUT2D eigenvalue weighted by atomic mass is 32.2. The lowest BCUT2D eigenvalue weighted by molar-refractivity contribution is 0.0747. The van der Waals surface area contributed by atoms with Gasteiger partial charge in [0.05, 0.1) is 11.5 Å². The van der Waals surface area contributed by atoms with Gasteiger partial charge in [0.1, 0.15) is 0 Å². The Labute approximate surface area is 154 Å². The molecule has 1 saturated carbocycles. The van der Waals surface area contributed by atoms with E-state index in [0.29, 0.717) is 17.5 Å². The van der Waals surface area contributed by atoms with E-state index in [1.807, 2.05) is 0 Å². The number of carbonyl (C=O) groups is 2. The summed E-state index contributed by atoms with van der Waals surface area (Å²) in [5.41, 5.74) is 0.877. The maximum absolute atomic E-state index is 12.7. The molecule has 1 atom stereocenters. The van der Waals surface area contributed by atoms with Crippen molar-refractivity contribution in [3.05, 3.63) is 35.4 Å². The van der Waals surface area contributed by atoms with Crippen LogP contribution in [-0.4, -0.2) is 55.8 Å². The molecule has 0 aromatic heterocycles. The molecule has 1 aliphatic carbocycles. The Morgan fingerprint density at radius 2 is 1.77 bits per heavy atom. The van der Waals surface area contributed by atoms with Gasteiger partial charge in [-0.3, -0.25) is 9.59 Å². The molecule has 2 fully saturated rings. The smallest absolute Gasteiger partial charge is 0.253 e. The molecule has 1 N–H and O–H groups in total. The Kier molecular flexibility index (Phi) is 5.65. The molecule has 1 aliphatic heterocycles. The Bertz CT molecular complexity index is 784. The predicted molar refractivity (Wildman–Crippen MR) is 99.9 cm³/mol. The first-order valence-corrected chi connectivity index (χ1v) is 11.1. The third-order valence-corrected chi connectivity index (χ3v) is 7.14. The molecule has 3 rings (SSSR count). The Hall–Kier alpha value is -1.89. The number of benzene rings is 1. The van der Waals surface area contributed by atoms with E-state index in [1.54, 1.807) is 31.3 Å². The van der Waals surface area contributed by atoms with Gasteiger partial charge in [0.25, 0.3) is 11.8 Å². The third kappa shape index (κ3) is 4.44. The van der Waals surface area contributed by atoms with Crippen molar-refractivity contribution in [3.8, 4) is 0 Å². The quantitative estimate of drug-likeness (QED) is 0.869. The van der Waals surface area contributed by atoms with Crippen LogP contribution >= 0.6 is 0 Å². The van der Waals surface area contributed by atoms with Crippen LogP contribution in [0.25, 0.3) is 0 Å². The van der Waals surface area contributed by atoms with E-state index in [2.05, 4.69) is 5.32 Å². The number of carbonyl (C=O) groups excluding carboxylic acids is 2. The number of hydrogen-bond acceptors (Lipinski definition) is 4. The molecule has 2 aliphatic rings. The minimum Gasteiger partial charge on any atom is -0.349 e. The molecule has 1 heterocycles. The Morgan fingerprint density at radius 1 is 1.08 bits per heavy atom. The van der Waals surface area contributed by atoms with Gasteiger partial charge in [-0.2, -0.15) is 0 Å². The van der Waals surface area contributed by atoms with Crippen molar-refractivity contribution in [1.29, 1.82) is 0 Å². The number of nitrogens with zero attached hydrogens (tertiary/aromatic N) is 1.